The molecule has 0 spiro atoms. The van der Waals surface area contributed by atoms with Gasteiger partial charge in [0.15, 0.2) is 5.82 Å². The van der Waals surface area contributed by atoms with Crippen LogP contribution in [0.15, 0.2) is 24.5 Å². The Bertz CT molecular complexity index is 202. The van der Waals surface area contributed by atoms with Gasteiger partial charge in [0, 0.05) is 10.8 Å². The smallest absolute Gasteiger partial charge is 0.257 e. The average molecular weight is 128 g/mol. The molecule has 9 heavy (non-hydrogen) atoms. The summed E-state index contributed by atoms with van der Waals surface area (Å²) in [7, 11) is 1.47. The molecule has 1 heterocycles. The third kappa shape index (κ3) is 1.38. The van der Waals surface area contributed by atoms with Crippen LogP contribution in [0.3, 0.4) is 0 Å². The number of hydrogen-bond acceptors (Lipinski definition) is 1. The Labute approximate surface area is 52.5 Å². The molecule has 3 heteroatoms. The third-order valence-corrected chi connectivity index (χ3v) is 0.950. The molecule has 0 radical (unpaired) electrons. The van der Waals surface area contributed by atoms with E-state index in [0.717, 1.165) is 0 Å². The van der Waals surface area contributed by atoms with Crippen molar-refractivity contribution in [1.82, 2.24) is 0 Å². The summed E-state index contributed by atoms with van der Waals surface area (Å²) in [5.41, 5.74) is 0. The number of pyridine rings is 1. The van der Waals surface area contributed by atoms with Crippen LogP contribution in [0.1, 0.15) is 0 Å². The highest BCUT2D eigenvalue weighted by molar-refractivity contribution is 4.87. The van der Waals surface area contributed by atoms with E-state index in [9.17, 15) is 4.39 Å². The second kappa shape index (κ2) is 2.44. The fourth-order valence-corrected chi connectivity index (χ4v) is 0.541. The van der Waals surface area contributed by atoms with Crippen LogP contribution in [-0.2, 0) is 0 Å². The van der Waals surface area contributed by atoms with Crippen molar-refractivity contribution in [3.8, 4) is 0 Å². The Kier molecular flexibility index (Phi) is 1.63. The second-order valence-electron chi connectivity index (χ2n) is 1.56. The van der Waals surface area contributed by atoms with Crippen molar-refractivity contribution in [2.45, 2.75) is 0 Å². The molecular weight excluding hydrogens is 121 g/mol. The molecule has 1 aromatic heterocycles. The van der Waals surface area contributed by atoms with Gasteiger partial charge < -0.3 is 0 Å². The van der Waals surface area contributed by atoms with E-state index in [1.807, 2.05) is 0 Å². The van der Waals surface area contributed by atoms with Crippen LogP contribution >= 0.6 is 0 Å². The first-order valence-electron chi connectivity index (χ1n) is 2.54. The normalized spacial score (nSPS) is 9.11. The zero-order valence-electron chi connectivity index (χ0n) is 5.04. The molecule has 0 unspecified atom stereocenters. The largest absolute Gasteiger partial charge is 0.275 e. The fourth-order valence-electron chi connectivity index (χ4n) is 0.541. The van der Waals surface area contributed by atoms with E-state index in [1.54, 1.807) is 12.3 Å². The van der Waals surface area contributed by atoms with Crippen LogP contribution in [-0.4, -0.2) is 7.11 Å². The highest BCUT2D eigenvalue weighted by Crippen LogP contribution is 1.86. The maximum absolute atomic E-state index is 12.3. The molecule has 0 atom stereocenters. The summed E-state index contributed by atoms with van der Waals surface area (Å²) in [6, 6.07) is 2.92. The van der Waals surface area contributed by atoms with Gasteiger partial charge in [-0.25, -0.2) is 4.39 Å². The van der Waals surface area contributed by atoms with Crippen molar-refractivity contribution in [2.24, 2.45) is 0 Å². The minimum absolute atomic E-state index is 0.306. The molecular formula is C6H7FNO+. The van der Waals surface area contributed by atoms with Crippen molar-refractivity contribution in [2.75, 3.05) is 7.11 Å². The number of hydrogen-bond donors (Lipinski definition) is 0. The number of rotatable bonds is 1. The maximum Gasteiger partial charge on any atom is 0.257 e. The Morgan fingerprint density at radius 1 is 1.67 bits per heavy atom. The molecule has 0 amide bonds. The predicted molar refractivity (Wildman–Crippen MR) is 29.1 cm³/mol. The summed E-state index contributed by atoms with van der Waals surface area (Å²) >= 11 is 0. The van der Waals surface area contributed by atoms with Crippen molar-refractivity contribution in [3.63, 3.8) is 0 Å². The zero-order valence-corrected chi connectivity index (χ0v) is 5.04. The Hall–Kier alpha value is -1.12. The molecule has 0 saturated heterocycles. The lowest BCUT2D eigenvalue weighted by molar-refractivity contribution is -0.886. The Balaban J connectivity index is 2.94. The summed E-state index contributed by atoms with van der Waals surface area (Å²) < 4.78 is 13.5. The van der Waals surface area contributed by atoms with Gasteiger partial charge in [-0.2, -0.15) is 0 Å². The molecule has 1 rings (SSSR count). The van der Waals surface area contributed by atoms with E-state index in [1.165, 1.54) is 24.1 Å². The van der Waals surface area contributed by atoms with Crippen molar-refractivity contribution in [1.29, 1.82) is 0 Å². The van der Waals surface area contributed by atoms with Crippen LogP contribution in [0.2, 0.25) is 0 Å². The molecule has 2 nitrogen and oxygen atoms in total. The van der Waals surface area contributed by atoms with Gasteiger partial charge in [0.1, 0.15) is 7.11 Å². The average Bonchev–Trinajstić information content (AvgIpc) is 1.88. The summed E-state index contributed by atoms with van der Waals surface area (Å²) in [5.74, 6) is -0.306. The lowest BCUT2D eigenvalue weighted by Crippen LogP contribution is -2.39. The van der Waals surface area contributed by atoms with E-state index in [-0.39, 0.29) is 5.82 Å². The van der Waals surface area contributed by atoms with Gasteiger partial charge in [-0.05, 0) is 6.07 Å². The van der Waals surface area contributed by atoms with E-state index >= 15 is 0 Å². The topological polar surface area (TPSA) is 13.1 Å². The third-order valence-electron chi connectivity index (χ3n) is 0.950. The highest BCUT2D eigenvalue weighted by atomic mass is 19.1. The lowest BCUT2D eigenvalue weighted by atomic mass is 10.5. The zero-order chi connectivity index (χ0) is 6.69. The molecule has 0 aliphatic carbocycles. The van der Waals surface area contributed by atoms with E-state index in [4.69, 9.17) is 0 Å². The molecule has 0 fully saturated rings. The van der Waals surface area contributed by atoms with Crippen molar-refractivity contribution in [3.05, 3.63) is 30.3 Å². The van der Waals surface area contributed by atoms with Gasteiger partial charge in [0.2, 0.25) is 6.20 Å². The minimum Gasteiger partial charge on any atom is -0.275 e. The van der Waals surface area contributed by atoms with Crippen LogP contribution in [0.4, 0.5) is 4.39 Å². The number of aromatic nitrogens is 1. The summed E-state index contributed by atoms with van der Waals surface area (Å²) in [6.07, 6.45) is 2.86. The van der Waals surface area contributed by atoms with E-state index in [2.05, 4.69) is 4.84 Å². The molecule has 48 valence electrons. The molecule has 0 bridgehead atoms. The fraction of sp³-hybridized carbons (Fsp3) is 0.167. The van der Waals surface area contributed by atoms with Gasteiger partial charge >= 0.3 is 0 Å². The molecule has 0 saturated carbocycles. The summed E-state index contributed by atoms with van der Waals surface area (Å²) in [6.45, 7) is 0. The van der Waals surface area contributed by atoms with Gasteiger partial charge in [-0.1, -0.05) is 0 Å². The van der Waals surface area contributed by atoms with E-state index in [0.29, 0.717) is 0 Å². The van der Waals surface area contributed by atoms with Gasteiger partial charge in [-0.3, -0.25) is 4.84 Å². The molecule has 0 aliphatic rings. The number of nitrogens with zero attached hydrogens (tertiary/aromatic N) is 1. The maximum atomic E-state index is 12.3. The van der Waals surface area contributed by atoms with Crippen LogP contribution < -0.4 is 9.57 Å². The first-order chi connectivity index (χ1) is 4.33. The molecule has 0 aromatic carbocycles. The highest BCUT2D eigenvalue weighted by Gasteiger charge is 1.97. The SMILES string of the molecule is CO[n+]1cccc(F)c1. The second-order valence-corrected chi connectivity index (χ2v) is 1.56. The van der Waals surface area contributed by atoms with E-state index < -0.39 is 0 Å². The first-order valence-corrected chi connectivity index (χ1v) is 2.54. The molecule has 0 aliphatic heterocycles. The Morgan fingerprint density at radius 2 is 2.44 bits per heavy atom. The molecule has 0 N–H and O–H groups in total. The monoisotopic (exact) mass is 128 g/mol. The van der Waals surface area contributed by atoms with Gasteiger partial charge in [-0.15, -0.1) is 0 Å². The van der Waals surface area contributed by atoms with Crippen LogP contribution in [0.25, 0.3) is 0 Å². The quantitative estimate of drug-likeness (QED) is 0.491. The van der Waals surface area contributed by atoms with Gasteiger partial charge in [0.25, 0.3) is 6.20 Å². The van der Waals surface area contributed by atoms with Crippen molar-refractivity contribution >= 4 is 0 Å². The summed E-state index contributed by atoms with van der Waals surface area (Å²) in [4.78, 5) is 4.67. The van der Waals surface area contributed by atoms with Crippen molar-refractivity contribution < 1.29 is 14.0 Å². The number of halogens is 1. The Morgan fingerprint density at radius 3 is 2.89 bits per heavy atom. The minimum atomic E-state index is -0.306. The predicted octanol–water partition coefficient (Wildman–Crippen LogP) is 0.172. The van der Waals surface area contributed by atoms with Gasteiger partial charge in [0.05, 0.1) is 0 Å². The lowest BCUT2D eigenvalue weighted by Gasteiger charge is -1.87. The van der Waals surface area contributed by atoms with Crippen LogP contribution in [0, 0.1) is 5.82 Å². The summed E-state index contributed by atoms with van der Waals surface area (Å²) in [5, 5.41) is 0. The standard InChI is InChI=1S/C6H7FNO/c1-9-8-4-2-3-6(7)5-8/h2-5H,1H3/q+1. The van der Waals surface area contributed by atoms with Crippen LogP contribution in [0.5, 0.6) is 0 Å². The molecule has 1 aromatic rings. The first kappa shape index (κ1) is 6.01.